The van der Waals surface area contributed by atoms with Gasteiger partial charge in [0.2, 0.25) is 5.91 Å². The highest BCUT2D eigenvalue weighted by Gasteiger charge is 2.26. The van der Waals surface area contributed by atoms with Crippen molar-refractivity contribution in [3.05, 3.63) is 17.3 Å². The van der Waals surface area contributed by atoms with Crippen molar-refractivity contribution in [3.63, 3.8) is 0 Å². The number of carbonyl (C=O) groups excluding carboxylic acids is 1. The molecule has 0 saturated carbocycles. The summed E-state index contributed by atoms with van der Waals surface area (Å²) in [6.07, 6.45) is 0. The molecule has 0 aliphatic heterocycles. The van der Waals surface area contributed by atoms with E-state index in [1.165, 1.54) is 0 Å². The Hall–Kier alpha value is -1.49. The molecule has 1 amide bonds. The van der Waals surface area contributed by atoms with Crippen molar-refractivity contribution in [1.29, 1.82) is 0 Å². The van der Waals surface area contributed by atoms with Crippen LogP contribution in [0.15, 0.2) is 12.1 Å². The van der Waals surface area contributed by atoms with Crippen molar-refractivity contribution in [2.45, 2.75) is 13.8 Å². The van der Waals surface area contributed by atoms with E-state index in [0.29, 0.717) is 23.2 Å². The zero-order valence-electron chi connectivity index (χ0n) is 10.2. The molecule has 0 radical (unpaired) electrons. The van der Waals surface area contributed by atoms with Crippen LogP contribution in [0.2, 0.25) is 5.15 Å². The minimum Gasteiger partial charge on any atom is -0.396 e. The van der Waals surface area contributed by atoms with Gasteiger partial charge in [0, 0.05) is 13.6 Å². The largest absolute Gasteiger partial charge is 0.396 e. The molecule has 1 aromatic rings. The molecular weight excluding hydrogens is 240 g/mol. The molecule has 1 aromatic heterocycles. The van der Waals surface area contributed by atoms with Crippen molar-refractivity contribution in [2.75, 3.05) is 24.6 Å². The first kappa shape index (κ1) is 13.6. The molecule has 0 aliphatic rings. The van der Waals surface area contributed by atoms with Gasteiger partial charge in [-0.25, -0.2) is 4.98 Å². The van der Waals surface area contributed by atoms with Crippen LogP contribution in [0.25, 0.3) is 0 Å². The molecule has 5 nitrogen and oxygen atoms in total. The minimum atomic E-state index is -0.550. The van der Waals surface area contributed by atoms with E-state index in [2.05, 4.69) is 15.6 Å². The third-order valence-electron chi connectivity index (χ3n) is 2.43. The van der Waals surface area contributed by atoms with Crippen LogP contribution in [0, 0.1) is 5.41 Å². The van der Waals surface area contributed by atoms with Gasteiger partial charge < -0.3 is 16.4 Å². The highest BCUT2D eigenvalue weighted by atomic mass is 35.5. The highest BCUT2D eigenvalue weighted by molar-refractivity contribution is 6.29. The van der Waals surface area contributed by atoms with Crippen LogP contribution in [0.4, 0.5) is 11.5 Å². The number of hydrogen-bond acceptors (Lipinski definition) is 4. The Morgan fingerprint density at radius 3 is 2.76 bits per heavy atom. The second-order valence-corrected chi connectivity index (χ2v) is 4.78. The van der Waals surface area contributed by atoms with Crippen molar-refractivity contribution in [2.24, 2.45) is 5.41 Å². The molecule has 0 atom stereocenters. The molecule has 0 aromatic carbocycles. The van der Waals surface area contributed by atoms with Crippen LogP contribution < -0.4 is 16.4 Å². The van der Waals surface area contributed by atoms with Crippen LogP contribution in [0.5, 0.6) is 0 Å². The maximum atomic E-state index is 11.6. The molecule has 1 rings (SSSR count). The van der Waals surface area contributed by atoms with E-state index < -0.39 is 5.41 Å². The van der Waals surface area contributed by atoms with Crippen LogP contribution in [0.3, 0.4) is 0 Å². The number of carbonyl (C=O) groups is 1. The Balaban J connectivity index is 2.73. The predicted molar refractivity (Wildman–Crippen MR) is 70.0 cm³/mol. The van der Waals surface area contributed by atoms with Crippen LogP contribution in [0.1, 0.15) is 13.8 Å². The number of nitrogens with one attached hydrogen (secondary N) is 2. The van der Waals surface area contributed by atoms with Crippen molar-refractivity contribution < 1.29 is 4.79 Å². The molecule has 0 spiro atoms. The lowest BCUT2D eigenvalue weighted by atomic mass is 9.92. The van der Waals surface area contributed by atoms with Gasteiger partial charge in [-0.05, 0) is 26.0 Å². The molecule has 0 aliphatic carbocycles. The van der Waals surface area contributed by atoms with Crippen molar-refractivity contribution >= 4 is 29.0 Å². The van der Waals surface area contributed by atoms with Gasteiger partial charge in [-0.1, -0.05) is 11.6 Å². The molecule has 0 saturated heterocycles. The fourth-order valence-electron chi connectivity index (χ4n) is 1.31. The molecule has 17 heavy (non-hydrogen) atoms. The van der Waals surface area contributed by atoms with Gasteiger partial charge in [0.05, 0.1) is 11.1 Å². The number of nitrogen functional groups attached to an aromatic ring is 1. The van der Waals surface area contributed by atoms with Gasteiger partial charge in [-0.2, -0.15) is 0 Å². The molecule has 94 valence electrons. The molecule has 4 N–H and O–H groups in total. The molecular formula is C11H17ClN4O. The van der Waals surface area contributed by atoms with Gasteiger partial charge in [0.1, 0.15) is 5.15 Å². The number of hydrogen-bond donors (Lipinski definition) is 3. The third-order valence-corrected chi connectivity index (χ3v) is 2.64. The van der Waals surface area contributed by atoms with Gasteiger partial charge >= 0.3 is 0 Å². The van der Waals surface area contributed by atoms with Crippen LogP contribution in [-0.4, -0.2) is 24.5 Å². The van der Waals surface area contributed by atoms with E-state index in [9.17, 15) is 4.79 Å². The minimum absolute atomic E-state index is 0.0504. The average Bonchev–Trinajstić information content (AvgIpc) is 2.29. The summed E-state index contributed by atoms with van der Waals surface area (Å²) in [5, 5.41) is 6.00. The second kappa shape index (κ2) is 5.23. The lowest BCUT2D eigenvalue weighted by molar-refractivity contribution is -0.128. The summed E-state index contributed by atoms with van der Waals surface area (Å²) in [5.41, 5.74) is 5.69. The topological polar surface area (TPSA) is 80.0 Å². The predicted octanol–water partition coefficient (Wildman–Crippen LogP) is 1.50. The van der Waals surface area contributed by atoms with Gasteiger partial charge in [0.15, 0.2) is 5.82 Å². The van der Waals surface area contributed by atoms with E-state index in [1.54, 1.807) is 19.2 Å². The standard InChI is InChI=1S/C11H17ClN4O/c1-11(2,10(17)14-3)6-15-9-7(13)4-5-8(12)16-9/h4-5H,6,13H2,1-3H3,(H,14,17)(H,15,16). The molecule has 0 unspecified atom stereocenters. The van der Waals surface area contributed by atoms with Gasteiger partial charge in [-0.15, -0.1) is 0 Å². The number of amides is 1. The molecule has 0 fully saturated rings. The smallest absolute Gasteiger partial charge is 0.227 e. The highest BCUT2D eigenvalue weighted by Crippen LogP contribution is 2.21. The van der Waals surface area contributed by atoms with E-state index in [4.69, 9.17) is 17.3 Å². The first-order chi connectivity index (χ1) is 7.86. The maximum absolute atomic E-state index is 11.6. The number of pyridine rings is 1. The number of rotatable bonds is 4. The average molecular weight is 257 g/mol. The zero-order valence-corrected chi connectivity index (χ0v) is 10.9. The number of nitrogens with zero attached hydrogens (tertiary/aromatic N) is 1. The fraction of sp³-hybridized carbons (Fsp3) is 0.455. The Morgan fingerprint density at radius 1 is 1.53 bits per heavy atom. The lowest BCUT2D eigenvalue weighted by Gasteiger charge is -2.23. The number of anilines is 2. The van der Waals surface area contributed by atoms with E-state index >= 15 is 0 Å². The lowest BCUT2D eigenvalue weighted by Crippen LogP contribution is -2.39. The van der Waals surface area contributed by atoms with E-state index in [0.717, 1.165) is 0 Å². The van der Waals surface area contributed by atoms with E-state index in [-0.39, 0.29) is 5.91 Å². The SMILES string of the molecule is CNC(=O)C(C)(C)CNc1nc(Cl)ccc1N. The quantitative estimate of drug-likeness (QED) is 0.714. The maximum Gasteiger partial charge on any atom is 0.227 e. The van der Waals surface area contributed by atoms with Crippen molar-refractivity contribution in [3.8, 4) is 0 Å². The summed E-state index contributed by atoms with van der Waals surface area (Å²) in [6, 6.07) is 3.29. The van der Waals surface area contributed by atoms with E-state index in [1.807, 2.05) is 13.8 Å². The molecule has 1 heterocycles. The summed E-state index contributed by atoms with van der Waals surface area (Å²) < 4.78 is 0. The summed E-state index contributed by atoms with van der Waals surface area (Å²) >= 11 is 5.77. The summed E-state index contributed by atoms with van der Waals surface area (Å²) in [5.74, 6) is 0.445. The number of nitrogens with two attached hydrogens (primary N) is 1. The Labute approximate surface area is 106 Å². The monoisotopic (exact) mass is 256 g/mol. The molecule has 6 heteroatoms. The zero-order chi connectivity index (χ0) is 13.1. The number of aromatic nitrogens is 1. The molecule has 0 bridgehead atoms. The van der Waals surface area contributed by atoms with Gasteiger partial charge in [0.25, 0.3) is 0 Å². The first-order valence-corrected chi connectivity index (χ1v) is 5.62. The summed E-state index contributed by atoms with van der Waals surface area (Å²) in [7, 11) is 1.61. The Bertz CT molecular complexity index is 420. The third kappa shape index (κ3) is 3.49. The van der Waals surface area contributed by atoms with Gasteiger partial charge in [-0.3, -0.25) is 4.79 Å². The first-order valence-electron chi connectivity index (χ1n) is 5.25. The van der Waals surface area contributed by atoms with Crippen molar-refractivity contribution in [1.82, 2.24) is 10.3 Å². The number of halogens is 1. The Kier molecular flexibility index (Phi) is 4.17. The normalized spacial score (nSPS) is 11.1. The van der Waals surface area contributed by atoms with Crippen LogP contribution >= 0.6 is 11.6 Å². The summed E-state index contributed by atoms with van der Waals surface area (Å²) in [6.45, 7) is 4.09. The fourth-order valence-corrected chi connectivity index (χ4v) is 1.46. The summed E-state index contributed by atoms with van der Waals surface area (Å²) in [4.78, 5) is 15.6. The Morgan fingerprint density at radius 2 is 2.18 bits per heavy atom. The van der Waals surface area contributed by atoms with Crippen LogP contribution in [-0.2, 0) is 4.79 Å². The second-order valence-electron chi connectivity index (χ2n) is 4.39.